The van der Waals surface area contributed by atoms with Crippen LogP contribution in [0.4, 0.5) is 4.39 Å². The van der Waals surface area contributed by atoms with Gasteiger partial charge in [-0.1, -0.05) is 22.0 Å². The van der Waals surface area contributed by atoms with Gasteiger partial charge in [-0.05, 0) is 50.1 Å². The highest BCUT2D eigenvalue weighted by atomic mass is 79.9. The number of rotatable bonds is 2. The van der Waals surface area contributed by atoms with Crippen molar-refractivity contribution in [1.29, 1.82) is 0 Å². The van der Waals surface area contributed by atoms with Crippen molar-refractivity contribution in [3.8, 4) is 0 Å². The summed E-state index contributed by atoms with van der Waals surface area (Å²) in [6.07, 6.45) is 0. The molecular formula is C11H5Br3ClFS. The highest BCUT2D eigenvalue weighted by molar-refractivity contribution is 9.13. The summed E-state index contributed by atoms with van der Waals surface area (Å²) in [4.78, 5) is 0.895. The van der Waals surface area contributed by atoms with Gasteiger partial charge in [-0.2, -0.15) is 0 Å². The molecular weight excluding hydrogens is 458 g/mol. The monoisotopic (exact) mass is 460 g/mol. The smallest absolute Gasteiger partial charge is 0.129 e. The largest absolute Gasteiger partial charge is 0.207 e. The first-order valence-electron chi connectivity index (χ1n) is 4.53. The fraction of sp³-hybridized carbons (Fsp3) is 0.0909. The molecule has 0 nitrogen and oxygen atoms in total. The number of hydrogen-bond donors (Lipinski definition) is 0. The average molecular weight is 463 g/mol. The summed E-state index contributed by atoms with van der Waals surface area (Å²) in [6, 6.07) is 6.79. The number of hydrogen-bond acceptors (Lipinski definition) is 1. The van der Waals surface area contributed by atoms with Crippen molar-refractivity contribution in [1.82, 2.24) is 0 Å². The molecule has 1 heterocycles. The molecule has 1 atom stereocenters. The van der Waals surface area contributed by atoms with Gasteiger partial charge in [0.25, 0.3) is 0 Å². The quantitative estimate of drug-likeness (QED) is 0.446. The van der Waals surface area contributed by atoms with Crippen LogP contribution in [0.15, 0.2) is 37.0 Å². The van der Waals surface area contributed by atoms with Crippen molar-refractivity contribution in [3.63, 3.8) is 0 Å². The van der Waals surface area contributed by atoms with Crippen LogP contribution in [0.2, 0.25) is 0 Å². The van der Waals surface area contributed by atoms with Crippen LogP contribution >= 0.6 is 70.7 Å². The molecule has 6 heteroatoms. The second kappa shape index (κ2) is 5.70. The van der Waals surface area contributed by atoms with Gasteiger partial charge in [0, 0.05) is 19.4 Å². The van der Waals surface area contributed by atoms with E-state index in [-0.39, 0.29) is 5.82 Å². The number of thiophene rings is 1. The van der Waals surface area contributed by atoms with E-state index in [1.807, 2.05) is 6.07 Å². The van der Waals surface area contributed by atoms with E-state index in [9.17, 15) is 4.39 Å². The number of halogens is 5. The molecule has 1 aromatic heterocycles. The molecule has 2 rings (SSSR count). The van der Waals surface area contributed by atoms with Crippen molar-refractivity contribution in [2.24, 2.45) is 0 Å². The van der Waals surface area contributed by atoms with Crippen LogP contribution in [-0.2, 0) is 0 Å². The summed E-state index contributed by atoms with van der Waals surface area (Å²) in [6.45, 7) is 0. The molecule has 0 amide bonds. The van der Waals surface area contributed by atoms with Gasteiger partial charge in [-0.15, -0.1) is 22.9 Å². The summed E-state index contributed by atoms with van der Waals surface area (Å²) < 4.78 is 16.4. The lowest BCUT2D eigenvalue weighted by Gasteiger charge is -2.09. The molecule has 1 unspecified atom stereocenters. The maximum absolute atomic E-state index is 13.8. The Kier molecular flexibility index (Phi) is 4.69. The van der Waals surface area contributed by atoms with E-state index in [4.69, 9.17) is 11.6 Å². The van der Waals surface area contributed by atoms with Crippen molar-refractivity contribution in [2.75, 3.05) is 0 Å². The van der Waals surface area contributed by atoms with Crippen molar-refractivity contribution < 1.29 is 4.39 Å². The molecule has 0 saturated carbocycles. The third-order valence-corrected chi connectivity index (χ3v) is 6.56. The Balaban J connectivity index is 2.39. The Morgan fingerprint density at radius 3 is 2.41 bits per heavy atom. The van der Waals surface area contributed by atoms with Gasteiger partial charge in [-0.25, -0.2) is 4.39 Å². The Hall–Kier alpha value is 0.580. The summed E-state index contributed by atoms with van der Waals surface area (Å²) in [7, 11) is 0. The molecule has 0 aliphatic heterocycles. The van der Waals surface area contributed by atoms with Crippen LogP contribution in [0.3, 0.4) is 0 Å². The fourth-order valence-corrected chi connectivity index (χ4v) is 4.14. The van der Waals surface area contributed by atoms with Crippen molar-refractivity contribution in [2.45, 2.75) is 5.38 Å². The van der Waals surface area contributed by atoms with E-state index >= 15 is 0 Å². The molecule has 0 saturated heterocycles. The third-order valence-electron chi connectivity index (χ3n) is 2.15. The predicted octanol–water partition coefficient (Wildman–Crippen LogP) is 6.50. The van der Waals surface area contributed by atoms with E-state index in [1.54, 1.807) is 12.1 Å². The van der Waals surface area contributed by atoms with Crippen LogP contribution in [0.5, 0.6) is 0 Å². The lowest BCUT2D eigenvalue weighted by molar-refractivity contribution is 0.612. The fourth-order valence-electron chi connectivity index (χ4n) is 1.35. The zero-order valence-electron chi connectivity index (χ0n) is 8.18. The van der Waals surface area contributed by atoms with E-state index < -0.39 is 5.38 Å². The van der Waals surface area contributed by atoms with Crippen LogP contribution in [0.1, 0.15) is 15.8 Å². The molecule has 0 fully saturated rings. The molecule has 17 heavy (non-hydrogen) atoms. The highest BCUT2D eigenvalue weighted by Crippen LogP contribution is 2.41. The van der Waals surface area contributed by atoms with Crippen LogP contribution in [0, 0.1) is 5.82 Å². The molecule has 0 aliphatic rings. The van der Waals surface area contributed by atoms with Crippen LogP contribution < -0.4 is 0 Å². The number of benzene rings is 1. The summed E-state index contributed by atoms with van der Waals surface area (Å²) in [5.41, 5.74) is 0.483. The zero-order valence-corrected chi connectivity index (χ0v) is 14.5. The van der Waals surface area contributed by atoms with E-state index in [1.165, 1.54) is 17.4 Å². The van der Waals surface area contributed by atoms with Gasteiger partial charge in [0.05, 0.1) is 9.16 Å². The van der Waals surface area contributed by atoms with E-state index in [2.05, 4.69) is 47.8 Å². The predicted molar refractivity (Wildman–Crippen MR) is 81.5 cm³/mol. The number of alkyl halides is 1. The summed E-state index contributed by atoms with van der Waals surface area (Å²) in [5, 5.41) is -0.476. The van der Waals surface area contributed by atoms with Crippen molar-refractivity contribution >= 4 is 70.7 Å². The summed E-state index contributed by atoms with van der Waals surface area (Å²) in [5.74, 6) is -0.306. The maximum atomic E-state index is 13.8. The first-order chi connectivity index (χ1) is 7.99. The lowest BCUT2D eigenvalue weighted by atomic mass is 10.1. The Labute approximate surface area is 133 Å². The van der Waals surface area contributed by atoms with Gasteiger partial charge in [0.2, 0.25) is 0 Å². The Morgan fingerprint density at radius 2 is 1.88 bits per heavy atom. The second-order valence-electron chi connectivity index (χ2n) is 3.30. The molecule has 0 aliphatic carbocycles. The normalized spacial score (nSPS) is 12.8. The topological polar surface area (TPSA) is 0 Å². The maximum Gasteiger partial charge on any atom is 0.129 e. The minimum Gasteiger partial charge on any atom is -0.207 e. The second-order valence-corrected chi connectivity index (χ2v) is 7.91. The standard InChI is InChI=1S/C11H5Br3ClFS/c12-5-1-2-6(8(16)3-5)10(15)9-4-7(13)11(14)17-9/h1-4,10H. The van der Waals surface area contributed by atoms with Gasteiger partial charge >= 0.3 is 0 Å². The van der Waals surface area contributed by atoms with E-state index in [0.29, 0.717) is 10.0 Å². The van der Waals surface area contributed by atoms with Crippen LogP contribution in [-0.4, -0.2) is 0 Å². The first kappa shape index (κ1) is 14.0. The first-order valence-corrected chi connectivity index (χ1v) is 8.16. The Morgan fingerprint density at radius 1 is 1.18 bits per heavy atom. The zero-order chi connectivity index (χ0) is 12.6. The Bertz CT molecular complexity index is 536. The van der Waals surface area contributed by atoms with Gasteiger partial charge in [0.15, 0.2) is 0 Å². The van der Waals surface area contributed by atoms with Crippen molar-refractivity contribution in [3.05, 3.63) is 53.3 Å². The average Bonchev–Trinajstić information content (AvgIpc) is 2.58. The third kappa shape index (κ3) is 3.13. The highest BCUT2D eigenvalue weighted by Gasteiger charge is 2.18. The molecule has 1 aromatic carbocycles. The molecule has 90 valence electrons. The minimum atomic E-state index is -0.476. The molecule has 0 N–H and O–H groups in total. The van der Waals surface area contributed by atoms with Gasteiger partial charge in [0.1, 0.15) is 5.82 Å². The van der Waals surface area contributed by atoms with Gasteiger partial charge < -0.3 is 0 Å². The lowest BCUT2D eigenvalue weighted by Crippen LogP contribution is -1.94. The molecule has 0 bridgehead atoms. The van der Waals surface area contributed by atoms with Gasteiger partial charge in [-0.3, -0.25) is 0 Å². The molecule has 0 spiro atoms. The molecule has 0 radical (unpaired) electrons. The SMILES string of the molecule is Fc1cc(Br)ccc1C(Cl)c1cc(Br)c(Br)s1. The van der Waals surface area contributed by atoms with Crippen LogP contribution in [0.25, 0.3) is 0 Å². The molecule has 2 aromatic rings. The minimum absolute atomic E-state index is 0.306. The van der Waals surface area contributed by atoms with E-state index in [0.717, 1.165) is 13.1 Å². The summed E-state index contributed by atoms with van der Waals surface area (Å²) >= 11 is 17.8.